The van der Waals surface area contributed by atoms with E-state index >= 15 is 0 Å². The lowest BCUT2D eigenvalue weighted by Gasteiger charge is -2.23. The first-order valence-corrected chi connectivity index (χ1v) is 6.98. The van der Waals surface area contributed by atoms with Crippen molar-refractivity contribution in [2.45, 2.75) is 38.8 Å². The zero-order valence-corrected chi connectivity index (χ0v) is 11.8. The lowest BCUT2D eigenvalue weighted by Crippen LogP contribution is -2.35. The van der Waals surface area contributed by atoms with Crippen molar-refractivity contribution in [3.63, 3.8) is 0 Å². The number of ether oxygens (including phenoxy) is 1. The monoisotopic (exact) mass is 267 g/mol. The van der Waals surface area contributed by atoms with Crippen LogP contribution in [0.15, 0.2) is 24.3 Å². The van der Waals surface area contributed by atoms with Crippen molar-refractivity contribution in [3.8, 4) is 5.75 Å². The van der Waals surface area contributed by atoms with Crippen molar-refractivity contribution in [2.75, 3.05) is 19.8 Å². The van der Waals surface area contributed by atoms with Crippen LogP contribution in [0, 0.1) is 0 Å². The minimum Gasteiger partial charge on any atom is -0.494 e. The second-order valence-electron chi connectivity index (χ2n) is 4.49. The molecule has 4 nitrogen and oxygen atoms in total. The molecule has 1 aromatic rings. The maximum absolute atomic E-state index is 10.3. The Labute approximate surface area is 115 Å². The van der Waals surface area contributed by atoms with Gasteiger partial charge in [0.15, 0.2) is 0 Å². The Bertz CT molecular complexity index is 340. The van der Waals surface area contributed by atoms with E-state index < -0.39 is 6.10 Å². The van der Waals surface area contributed by atoms with Crippen molar-refractivity contribution in [2.24, 2.45) is 0 Å². The number of hydrogen-bond acceptors (Lipinski definition) is 4. The molecule has 2 atom stereocenters. The predicted molar refractivity (Wildman–Crippen MR) is 76.4 cm³/mol. The summed E-state index contributed by atoms with van der Waals surface area (Å²) in [6.07, 6.45) is 0.992. The SMILES string of the molecule is CCOc1ccc(C(O)C(CC)NCCCO)cc1. The molecule has 0 aliphatic rings. The quantitative estimate of drug-likeness (QED) is 0.598. The van der Waals surface area contributed by atoms with E-state index in [-0.39, 0.29) is 12.6 Å². The third-order valence-electron chi connectivity index (χ3n) is 3.09. The summed E-state index contributed by atoms with van der Waals surface area (Å²) in [6.45, 7) is 5.50. The van der Waals surface area contributed by atoms with Crippen LogP contribution in [0.2, 0.25) is 0 Å². The number of aliphatic hydroxyl groups is 2. The van der Waals surface area contributed by atoms with E-state index in [1.165, 1.54) is 0 Å². The Hall–Kier alpha value is -1.10. The molecule has 3 N–H and O–H groups in total. The maximum atomic E-state index is 10.3. The molecule has 0 spiro atoms. The highest BCUT2D eigenvalue weighted by atomic mass is 16.5. The fourth-order valence-electron chi connectivity index (χ4n) is 2.01. The van der Waals surface area contributed by atoms with Crippen molar-refractivity contribution in [1.82, 2.24) is 5.32 Å². The average molecular weight is 267 g/mol. The van der Waals surface area contributed by atoms with Crippen molar-refractivity contribution in [3.05, 3.63) is 29.8 Å². The smallest absolute Gasteiger partial charge is 0.119 e. The first-order valence-electron chi connectivity index (χ1n) is 6.98. The summed E-state index contributed by atoms with van der Waals surface area (Å²) in [5.41, 5.74) is 0.881. The minimum atomic E-state index is -0.542. The zero-order chi connectivity index (χ0) is 14.1. The molecule has 0 aliphatic heterocycles. The Morgan fingerprint density at radius 3 is 2.42 bits per heavy atom. The fourth-order valence-corrected chi connectivity index (χ4v) is 2.01. The van der Waals surface area contributed by atoms with Gasteiger partial charge >= 0.3 is 0 Å². The Balaban J connectivity index is 2.60. The maximum Gasteiger partial charge on any atom is 0.119 e. The van der Waals surface area contributed by atoms with Crippen LogP contribution in [0.5, 0.6) is 5.75 Å². The lowest BCUT2D eigenvalue weighted by atomic mass is 10.00. The Kier molecular flexibility index (Phi) is 7.48. The molecular weight excluding hydrogens is 242 g/mol. The molecule has 0 fully saturated rings. The van der Waals surface area contributed by atoms with E-state index in [0.717, 1.165) is 17.7 Å². The van der Waals surface area contributed by atoms with Gasteiger partial charge in [-0.3, -0.25) is 0 Å². The molecule has 1 aromatic carbocycles. The van der Waals surface area contributed by atoms with Gasteiger partial charge in [-0.15, -0.1) is 0 Å². The summed E-state index contributed by atoms with van der Waals surface area (Å²) in [4.78, 5) is 0. The predicted octanol–water partition coefficient (Wildman–Crippen LogP) is 1.87. The first kappa shape index (κ1) is 16.0. The van der Waals surface area contributed by atoms with Crippen LogP contribution in [0.1, 0.15) is 38.4 Å². The van der Waals surface area contributed by atoms with E-state index in [9.17, 15) is 5.11 Å². The standard InChI is InChI=1S/C15H25NO3/c1-3-14(16-10-5-11-17)15(18)12-6-8-13(9-7-12)19-4-2/h6-9,14-18H,3-5,10-11H2,1-2H3. The third-order valence-corrected chi connectivity index (χ3v) is 3.09. The van der Waals surface area contributed by atoms with E-state index in [2.05, 4.69) is 5.32 Å². The van der Waals surface area contributed by atoms with E-state index in [1.54, 1.807) is 0 Å². The molecule has 108 valence electrons. The van der Waals surface area contributed by atoms with Gasteiger partial charge in [-0.1, -0.05) is 19.1 Å². The molecule has 0 amide bonds. The zero-order valence-electron chi connectivity index (χ0n) is 11.8. The molecular formula is C15H25NO3. The van der Waals surface area contributed by atoms with Gasteiger partial charge in [0.1, 0.15) is 5.75 Å². The normalized spacial score (nSPS) is 14.1. The van der Waals surface area contributed by atoms with Gasteiger partial charge in [0.25, 0.3) is 0 Å². The fraction of sp³-hybridized carbons (Fsp3) is 0.600. The first-order chi connectivity index (χ1) is 9.22. The van der Waals surface area contributed by atoms with Crippen molar-refractivity contribution < 1.29 is 14.9 Å². The largest absolute Gasteiger partial charge is 0.494 e. The summed E-state index contributed by atoms with van der Waals surface area (Å²) in [6, 6.07) is 7.55. The van der Waals surface area contributed by atoms with E-state index in [1.807, 2.05) is 38.1 Å². The molecule has 19 heavy (non-hydrogen) atoms. The van der Waals surface area contributed by atoms with Gasteiger partial charge < -0.3 is 20.3 Å². The Morgan fingerprint density at radius 1 is 1.21 bits per heavy atom. The van der Waals surface area contributed by atoms with Gasteiger partial charge in [-0.2, -0.15) is 0 Å². The second-order valence-corrected chi connectivity index (χ2v) is 4.49. The highest BCUT2D eigenvalue weighted by Crippen LogP contribution is 2.21. The van der Waals surface area contributed by atoms with Crippen LogP contribution in [0.25, 0.3) is 0 Å². The van der Waals surface area contributed by atoms with Gasteiger partial charge in [-0.05, 0) is 44.0 Å². The summed E-state index contributed by atoms with van der Waals surface area (Å²) in [5.74, 6) is 0.819. The molecule has 1 rings (SSSR count). The van der Waals surface area contributed by atoms with Crippen LogP contribution in [-0.4, -0.2) is 36.0 Å². The van der Waals surface area contributed by atoms with Gasteiger partial charge in [0.2, 0.25) is 0 Å². The summed E-state index contributed by atoms with van der Waals surface area (Å²) in [5, 5.41) is 22.4. The summed E-state index contributed by atoms with van der Waals surface area (Å²) < 4.78 is 5.38. The Morgan fingerprint density at radius 2 is 1.89 bits per heavy atom. The molecule has 0 heterocycles. The number of hydrogen-bond donors (Lipinski definition) is 3. The lowest BCUT2D eigenvalue weighted by molar-refractivity contribution is 0.124. The van der Waals surface area contributed by atoms with Crippen LogP contribution in [0.3, 0.4) is 0 Å². The highest BCUT2D eigenvalue weighted by Gasteiger charge is 2.18. The van der Waals surface area contributed by atoms with Crippen molar-refractivity contribution in [1.29, 1.82) is 0 Å². The second kappa shape index (κ2) is 8.91. The molecule has 4 heteroatoms. The molecule has 0 saturated carbocycles. The van der Waals surface area contributed by atoms with Crippen LogP contribution >= 0.6 is 0 Å². The van der Waals surface area contributed by atoms with Gasteiger partial charge in [0.05, 0.1) is 12.7 Å². The van der Waals surface area contributed by atoms with E-state index in [0.29, 0.717) is 19.6 Å². The highest BCUT2D eigenvalue weighted by molar-refractivity contribution is 5.29. The minimum absolute atomic E-state index is 0.00416. The topological polar surface area (TPSA) is 61.7 Å². The third kappa shape index (κ3) is 5.19. The molecule has 0 radical (unpaired) electrons. The number of aliphatic hydroxyl groups excluding tert-OH is 2. The summed E-state index contributed by atoms with van der Waals surface area (Å²) in [7, 11) is 0. The molecule has 0 bridgehead atoms. The molecule has 0 aromatic heterocycles. The molecule has 0 saturated heterocycles. The molecule has 2 unspecified atom stereocenters. The number of nitrogens with one attached hydrogen (secondary N) is 1. The summed E-state index contributed by atoms with van der Waals surface area (Å²) >= 11 is 0. The molecule has 0 aliphatic carbocycles. The van der Waals surface area contributed by atoms with Crippen molar-refractivity contribution >= 4 is 0 Å². The van der Waals surface area contributed by atoms with Gasteiger partial charge in [-0.25, -0.2) is 0 Å². The van der Waals surface area contributed by atoms with Crippen LogP contribution in [0.4, 0.5) is 0 Å². The number of rotatable bonds is 9. The van der Waals surface area contributed by atoms with Crippen LogP contribution < -0.4 is 10.1 Å². The van der Waals surface area contributed by atoms with Gasteiger partial charge in [0, 0.05) is 12.6 Å². The van der Waals surface area contributed by atoms with Crippen LogP contribution in [-0.2, 0) is 0 Å². The van der Waals surface area contributed by atoms with E-state index in [4.69, 9.17) is 9.84 Å². The number of benzene rings is 1. The average Bonchev–Trinajstić information content (AvgIpc) is 2.44.